The van der Waals surface area contributed by atoms with Crippen LogP contribution in [0.15, 0.2) is 48.5 Å². The highest BCUT2D eigenvalue weighted by Gasteiger charge is 2.07. The van der Waals surface area contributed by atoms with Gasteiger partial charge in [0.1, 0.15) is 12.4 Å². The molecule has 0 aliphatic rings. The fourth-order valence-electron chi connectivity index (χ4n) is 2.41. The van der Waals surface area contributed by atoms with Gasteiger partial charge in [-0.2, -0.15) is 0 Å². The molecule has 2 amide bonds. The van der Waals surface area contributed by atoms with E-state index in [2.05, 4.69) is 10.6 Å². The Balaban J connectivity index is 1.84. The van der Waals surface area contributed by atoms with Gasteiger partial charge in [0.15, 0.2) is 0 Å². The molecule has 0 fully saturated rings. The third-order valence-electron chi connectivity index (χ3n) is 3.95. The maximum absolute atomic E-state index is 12.3. The van der Waals surface area contributed by atoms with Crippen LogP contribution in [0, 0.1) is 0 Å². The monoisotopic (exact) mass is 370 g/mol. The molecule has 2 N–H and O–H groups in total. The van der Waals surface area contributed by atoms with Crippen molar-refractivity contribution in [2.24, 2.45) is 0 Å². The molecule has 0 aliphatic carbocycles. The molecule has 144 valence electrons. The fraction of sp³-hybridized carbons (Fsp3) is 0.333. The quantitative estimate of drug-likeness (QED) is 0.630. The summed E-state index contributed by atoms with van der Waals surface area (Å²) in [5.41, 5.74) is 2.31. The zero-order valence-corrected chi connectivity index (χ0v) is 15.8. The van der Waals surface area contributed by atoms with Crippen LogP contribution in [0.1, 0.15) is 29.3 Å². The van der Waals surface area contributed by atoms with Gasteiger partial charge >= 0.3 is 0 Å². The molecule has 2 aromatic rings. The number of aryl methyl sites for hydroxylation is 1. The third kappa shape index (κ3) is 7.11. The molecule has 2 rings (SSSR count). The molecule has 0 unspecified atom stereocenters. The SMILES string of the molecule is CCOCCOc1ccc(C(=O)Nc2ccc(CCC(=O)NC)cc2)cc1. The zero-order valence-electron chi connectivity index (χ0n) is 15.8. The number of carbonyl (C=O) groups excluding carboxylic acids is 2. The van der Waals surface area contributed by atoms with Crippen molar-refractivity contribution < 1.29 is 19.1 Å². The molecule has 0 bridgehead atoms. The van der Waals surface area contributed by atoms with Crippen LogP contribution in [0.3, 0.4) is 0 Å². The Morgan fingerprint density at radius 3 is 2.30 bits per heavy atom. The van der Waals surface area contributed by atoms with Crippen molar-refractivity contribution in [1.82, 2.24) is 5.32 Å². The lowest BCUT2D eigenvalue weighted by molar-refractivity contribution is -0.120. The van der Waals surface area contributed by atoms with E-state index in [1.54, 1.807) is 31.3 Å². The molecule has 0 saturated carbocycles. The van der Waals surface area contributed by atoms with E-state index in [9.17, 15) is 9.59 Å². The number of hydrogen-bond acceptors (Lipinski definition) is 4. The number of anilines is 1. The van der Waals surface area contributed by atoms with E-state index < -0.39 is 0 Å². The molecular weight excluding hydrogens is 344 g/mol. The minimum absolute atomic E-state index is 0.0118. The van der Waals surface area contributed by atoms with Gasteiger partial charge in [-0.05, 0) is 55.3 Å². The first-order valence-corrected chi connectivity index (χ1v) is 9.04. The van der Waals surface area contributed by atoms with Crippen LogP contribution in [0.2, 0.25) is 0 Å². The predicted molar refractivity (Wildman–Crippen MR) is 105 cm³/mol. The second-order valence-corrected chi connectivity index (χ2v) is 5.89. The molecule has 0 radical (unpaired) electrons. The van der Waals surface area contributed by atoms with Crippen molar-refractivity contribution in [3.63, 3.8) is 0 Å². The summed E-state index contributed by atoms with van der Waals surface area (Å²) in [7, 11) is 1.63. The van der Waals surface area contributed by atoms with Gasteiger partial charge in [-0.3, -0.25) is 9.59 Å². The Kier molecular flexibility index (Phi) is 8.32. The molecule has 6 heteroatoms. The molecule has 0 spiro atoms. The van der Waals surface area contributed by atoms with Gasteiger partial charge in [-0.15, -0.1) is 0 Å². The Labute approximate surface area is 159 Å². The van der Waals surface area contributed by atoms with Crippen LogP contribution in [0.25, 0.3) is 0 Å². The average Bonchev–Trinajstić information content (AvgIpc) is 2.71. The summed E-state index contributed by atoms with van der Waals surface area (Å²) in [6.45, 7) is 3.62. The summed E-state index contributed by atoms with van der Waals surface area (Å²) in [6.07, 6.45) is 1.11. The van der Waals surface area contributed by atoms with E-state index in [-0.39, 0.29) is 11.8 Å². The van der Waals surface area contributed by atoms with Gasteiger partial charge in [-0.1, -0.05) is 12.1 Å². The van der Waals surface area contributed by atoms with Crippen molar-refractivity contribution in [3.05, 3.63) is 59.7 Å². The molecule has 6 nitrogen and oxygen atoms in total. The summed E-state index contributed by atoms with van der Waals surface area (Å²) in [6, 6.07) is 14.5. The van der Waals surface area contributed by atoms with Crippen LogP contribution >= 0.6 is 0 Å². The van der Waals surface area contributed by atoms with E-state index >= 15 is 0 Å². The van der Waals surface area contributed by atoms with E-state index in [0.29, 0.717) is 49.7 Å². The second-order valence-electron chi connectivity index (χ2n) is 5.89. The van der Waals surface area contributed by atoms with E-state index in [4.69, 9.17) is 9.47 Å². The van der Waals surface area contributed by atoms with Crippen LogP contribution in [0.5, 0.6) is 5.75 Å². The van der Waals surface area contributed by atoms with Gasteiger partial charge in [0.05, 0.1) is 6.61 Å². The van der Waals surface area contributed by atoms with Crippen molar-refractivity contribution in [2.45, 2.75) is 19.8 Å². The number of ether oxygens (including phenoxy) is 2. The first-order valence-electron chi connectivity index (χ1n) is 9.04. The molecule has 0 saturated heterocycles. The number of rotatable bonds is 10. The minimum atomic E-state index is -0.186. The summed E-state index contributed by atoms with van der Waals surface area (Å²) < 4.78 is 10.8. The Morgan fingerprint density at radius 2 is 1.67 bits per heavy atom. The van der Waals surface area contributed by atoms with Gasteiger partial charge in [0, 0.05) is 31.3 Å². The number of hydrogen-bond donors (Lipinski definition) is 2. The Morgan fingerprint density at radius 1 is 0.963 bits per heavy atom. The lowest BCUT2D eigenvalue weighted by Crippen LogP contribution is -2.17. The van der Waals surface area contributed by atoms with Crippen LogP contribution in [-0.4, -0.2) is 38.7 Å². The summed E-state index contributed by atoms with van der Waals surface area (Å²) in [5.74, 6) is 0.526. The molecule has 0 aliphatic heterocycles. The van der Waals surface area contributed by atoms with Crippen molar-refractivity contribution in [3.8, 4) is 5.75 Å². The van der Waals surface area contributed by atoms with Gasteiger partial charge in [0.25, 0.3) is 5.91 Å². The topological polar surface area (TPSA) is 76.7 Å². The molecular formula is C21H26N2O4. The number of benzene rings is 2. The highest BCUT2D eigenvalue weighted by molar-refractivity contribution is 6.04. The van der Waals surface area contributed by atoms with Gasteiger partial charge in [-0.25, -0.2) is 0 Å². The second kappa shape index (κ2) is 11.0. The third-order valence-corrected chi connectivity index (χ3v) is 3.95. The molecule has 0 heterocycles. The van der Waals surface area contributed by atoms with Gasteiger partial charge in [0.2, 0.25) is 5.91 Å². The summed E-state index contributed by atoms with van der Waals surface area (Å²) in [4.78, 5) is 23.6. The number of amides is 2. The van der Waals surface area contributed by atoms with Crippen LogP contribution in [0.4, 0.5) is 5.69 Å². The average molecular weight is 370 g/mol. The summed E-state index contributed by atoms with van der Waals surface area (Å²) >= 11 is 0. The highest BCUT2D eigenvalue weighted by atomic mass is 16.5. The van der Waals surface area contributed by atoms with Crippen molar-refractivity contribution in [1.29, 1.82) is 0 Å². The normalized spacial score (nSPS) is 10.3. The first-order chi connectivity index (χ1) is 13.1. The zero-order chi connectivity index (χ0) is 19.5. The standard InChI is InChI=1S/C21H26N2O4/c1-3-26-14-15-27-19-11-7-17(8-12-19)21(25)23-18-9-4-16(5-10-18)6-13-20(24)22-2/h4-5,7-12H,3,6,13-15H2,1-2H3,(H,22,24)(H,23,25). The highest BCUT2D eigenvalue weighted by Crippen LogP contribution is 2.15. The van der Waals surface area contributed by atoms with E-state index in [1.165, 1.54) is 0 Å². The molecule has 2 aromatic carbocycles. The predicted octanol–water partition coefficient (Wildman–Crippen LogP) is 3.03. The molecule has 0 aromatic heterocycles. The number of nitrogens with one attached hydrogen (secondary N) is 2. The van der Waals surface area contributed by atoms with E-state index in [0.717, 1.165) is 5.56 Å². The summed E-state index contributed by atoms with van der Waals surface area (Å²) in [5, 5.41) is 5.46. The smallest absolute Gasteiger partial charge is 0.255 e. The Bertz CT molecular complexity index is 727. The molecule has 0 atom stereocenters. The lowest BCUT2D eigenvalue weighted by Gasteiger charge is -2.09. The van der Waals surface area contributed by atoms with Crippen molar-refractivity contribution >= 4 is 17.5 Å². The Hall–Kier alpha value is -2.86. The van der Waals surface area contributed by atoms with E-state index in [1.807, 2.05) is 31.2 Å². The maximum Gasteiger partial charge on any atom is 0.255 e. The molecule has 27 heavy (non-hydrogen) atoms. The minimum Gasteiger partial charge on any atom is -0.491 e. The number of carbonyl (C=O) groups is 2. The lowest BCUT2D eigenvalue weighted by atomic mass is 10.1. The maximum atomic E-state index is 12.3. The van der Waals surface area contributed by atoms with Crippen LogP contribution < -0.4 is 15.4 Å². The van der Waals surface area contributed by atoms with Crippen molar-refractivity contribution in [2.75, 3.05) is 32.2 Å². The fourth-order valence-corrected chi connectivity index (χ4v) is 2.41. The van der Waals surface area contributed by atoms with Gasteiger partial charge < -0.3 is 20.1 Å². The largest absolute Gasteiger partial charge is 0.491 e. The van der Waals surface area contributed by atoms with Crippen LogP contribution in [-0.2, 0) is 16.0 Å². The first kappa shape index (κ1) is 20.5.